The standard InChI is InChI=1S/C20H26N6OS/c1-4-10-21-17-16-13-23-26(18(16)25-20(24-17)28-5-2)12-11-22-19(27)15-9-7-6-8-14(15)3/h6-9,13H,4-5,10-12H2,1-3H3,(H,22,27)(H,21,24,25). The SMILES string of the molecule is CCCNc1nc(SCC)nc2c1cnn2CCNC(=O)c1ccccc1C. The van der Waals surface area contributed by atoms with Gasteiger partial charge in [0.1, 0.15) is 5.82 Å². The summed E-state index contributed by atoms with van der Waals surface area (Å²) >= 11 is 1.60. The number of aryl methyl sites for hydroxylation is 1. The van der Waals surface area contributed by atoms with Gasteiger partial charge in [0.15, 0.2) is 10.8 Å². The fraction of sp³-hybridized carbons (Fsp3) is 0.400. The van der Waals surface area contributed by atoms with Gasteiger partial charge in [-0.05, 0) is 30.7 Å². The highest BCUT2D eigenvalue weighted by Crippen LogP contribution is 2.24. The summed E-state index contributed by atoms with van der Waals surface area (Å²) in [6.45, 7) is 8.00. The molecule has 0 radical (unpaired) electrons. The topological polar surface area (TPSA) is 84.7 Å². The van der Waals surface area contributed by atoms with Crippen LogP contribution in [0, 0.1) is 6.92 Å². The lowest BCUT2D eigenvalue weighted by Gasteiger charge is -2.10. The molecule has 0 atom stereocenters. The minimum Gasteiger partial charge on any atom is -0.369 e. The summed E-state index contributed by atoms with van der Waals surface area (Å²) in [7, 11) is 0. The molecule has 2 N–H and O–H groups in total. The van der Waals surface area contributed by atoms with Crippen molar-refractivity contribution in [2.75, 3.05) is 24.2 Å². The van der Waals surface area contributed by atoms with E-state index in [9.17, 15) is 4.79 Å². The number of carbonyl (C=O) groups is 1. The van der Waals surface area contributed by atoms with Crippen LogP contribution in [0.5, 0.6) is 0 Å². The number of hydrogen-bond donors (Lipinski definition) is 2. The first-order valence-electron chi connectivity index (χ1n) is 9.58. The zero-order valence-electron chi connectivity index (χ0n) is 16.5. The molecule has 0 aliphatic heterocycles. The monoisotopic (exact) mass is 398 g/mol. The average Bonchev–Trinajstić information content (AvgIpc) is 3.10. The van der Waals surface area contributed by atoms with Gasteiger partial charge in [0.25, 0.3) is 5.91 Å². The molecule has 7 nitrogen and oxygen atoms in total. The molecule has 2 aromatic heterocycles. The Kier molecular flexibility index (Phi) is 6.86. The summed E-state index contributed by atoms with van der Waals surface area (Å²) in [5.74, 6) is 1.65. The van der Waals surface area contributed by atoms with Gasteiger partial charge >= 0.3 is 0 Å². The van der Waals surface area contributed by atoms with E-state index in [2.05, 4.69) is 39.5 Å². The molecule has 0 unspecified atom stereocenters. The van der Waals surface area contributed by atoms with Gasteiger partial charge in [0, 0.05) is 18.7 Å². The van der Waals surface area contributed by atoms with Crippen molar-refractivity contribution in [3.8, 4) is 0 Å². The first-order valence-corrected chi connectivity index (χ1v) is 10.6. The van der Waals surface area contributed by atoms with E-state index in [4.69, 9.17) is 0 Å². The predicted octanol–water partition coefficient (Wildman–Crippen LogP) is 3.50. The van der Waals surface area contributed by atoms with E-state index in [1.165, 1.54) is 0 Å². The van der Waals surface area contributed by atoms with E-state index in [0.29, 0.717) is 18.7 Å². The number of nitrogens with zero attached hydrogens (tertiary/aromatic N) is 4. The summed E-state index contributed by atoms with van der Waals surface area (Å²) < 4.78 is 1.83. The normalized spacial score (nSPS) is 11.0. The number of aromatic nitrogens is 4. The molecule has 8 heteroatoms. The second-order valence-electron chi connectivity index (χ2n) is 6.39. The Morgan fingerprint density at radius 1 is 1.18 bits per heavy atom. The first-order chi connectivity index (χ1) is 13.6. The highest BCUT2D eigenvalue weighted by Gasteiger charge is 2.13. The van der Waals surface area contributed by atoms with Gasteiger partial charge in [-0.3, -0.25) is 4.79 Å². The van der Waals surface area contributed by atoms with Gasteiger partial charge in [-0.25, -0.2) is 14.6 Å². The third-order valence-electron chi connectivity index (χ3n) is 4.29. The molecule has 0 fully saturated rings. The Bertz CT molecular complexity index is 955. The van der Waals surface area contributed by atoms with Gasteiger partial charge in [-0.15, -0.1) is 0 Å². The second kappa shape index (κ2) is 9.54. The molecule has 0 saturated heterocycles. The van der Waals surface area contributed by atoms with E-state index in [1.54, 1.807) is 18.0 Å². The Hall–Kier alpha value is -2.61. The molecule has 0 aliphatic carbocycles. The summed E-state index contributed by atoms with van der Waals surface area (Å²) in [6.07, 6.45) is 2.80. The quantitative estimate of drug-likeness (QED) is 0.424. The Balaban J connectivity index is 1.75. The van der Waals surface area contributed by atoms with Crippen LogP contribution in [0.2, 0.25) is 0 Å². The fourth-order valence-corrected chi connectivity index (χ4v) is 3.43. The summed E-state index contributed by atoms with van der Waals surface area (Å²) in [5, 5.41) is 12.4. The van der Waals surface area contributed by atoms with Crippen LogP contribution in [-0.4, -0.2) is 44.5 Å². The smallest absolute Gasteiger partial charge is 0.251 e. The first kappa shape index (κ1) is 20.1. The lowest BCUT2D eigenvalue weighted by Crippen LogP contribution is -2.28. The lowest BCUT2D eigenvalue weighted by atomic mass is 10.1. The van der Waals surface area contributed by atoms with E-state index in [1.807, 2.05) is 35.9 Å². The largest absolute Gasteiger partial charge is 0.369 e. The van der Waals surface area contributed by atoms with Crippen LogP contribution < -0.4 is 10.6 Å². The molecule has 0 saturated carbocycles. The number of amides is 1. The number of thioether (sulfide) groups is 1. The molecule has 1 aromatic carbocycles. The van der Waals surface area contributed by atoms with Crippen LogP contribution in [0.3, 0.4) is 0 Å². The van der Waals surface area contributed by atoms with Gasteiger partial charge < -0.3 is 10.6 Å². The number of anilines is 1. The van der Waals surface area contributed by atoms with Crippen molar-refractivity contribution in [2.24, 2.45) is 0 Å². The molecule has 0 bridgehead atoms. The van der Waals surface area contributed by atoms with Crippen LogP contribution in [0.15, 0.2) is 35.6 Å². The van der Waals surface area contributed by atoms with Crippen molar-refractivity contribution >= 4 is 34.5 Å². The van der Waals surface area contributed by atoms with Crippen molar-refractivity contribution in [3.63, 3.8) is 0 Å². The van der Waals surface area contributed by atoms with E-state index in [-0.39, 0.29) is 5.91 Å². The molecule has 1 amide bonds. The number of benzene rings is 1. The number of fused-ring (bicyclic) bond motifs is 1. The maximum atomic E-state index is 12.4. The number of hydrogen-bond acceptors (Lipinski definition) is 6. The molecule has 0 aliphatic rings. The zero-order chi connectivity index (χ0) is 19.9. The molecular formula is C20H26N6OS. The Morgan fingerprint density at radius 2 is 2.00 bits per heavy atom. The minimum atomic E-state index is -0.0725. The fourth-order valence-electron chi connectivity index (χ4n) is 2.87. The van der Waals surface area contributed by atoms with Gasteiger partial charge in [-0.2, -0.15) is 5.10 Å². The van der Waals surface area contributed by atoms with Crippen molar-refractivity contribution in [3.05, 3.63) is 41.6 Å². The third-order valence-corrected chi connectivity index (χ3v) is 5.02. The van der Waals surface area contributed by atoms with E-state index < -0.39 is 0 Å². The Labute approximate surface area is 169 Å². The average molecular weight is 399 g/mol. The molecule has 148 valence electrons. The van der Waals surface area contributed by atoms with Crippen molar-refractivity contribution in [2.45, 2.75) is 38.9 Å². The highest BCUT2D eigenvalue weighted by molar-refractivity contribution is 7.99. The van der Waals surface area contributed by atoms with Crippen LogP contribution >= 0.6 is 11.8 Å². The third kappa shape index (κ3) is 4.62. The summed E-state index contributed by atoms with van der Waals surface area (Å²) in [6, 6.07) is 7.57. The molecule has 28 heavy (non-hydrogen) atoms. The minimum absolute atomic E-state index is 0.0725. The number of carbonyl (C=O) groups excluding carboxylic acids is 1. The molecule has 3 rings (SSSR count). The molecule has 0 spiro atoms. The molecular weight excluding hydrogens is 372 g/mol. The van der Waals surface area contributed by atoms with Crippen LogP contribution in [0.4, 0.5) is 5.82 Å². The van der Waals surface area contributed by atoms with Crippen LogP contribution in [-0.2, 0) is 6.54 Å². The lowest BCUT2D eigenvalue weighted by molar-refractivity contribution is 0.0951. The maximum absolute atomic E-state index is 12.4. The molecule has 3 aromatic rings. The van der Waals surface area contributed by atoms with Gasteiger partial charge in [0.2, 0.25) is 0 Å². The summed E-state index contributed by atoms with van der Waals surface area (Å²) in [5.41, 5.74) is 2.45. The Morgan fingerprint density at radius 3 is 2.75 bits per heavy atom. The second-order valence-corrected chi connectivity index (χ2v) is 7.62. The molecule has 2 heterocycles. The predicted molar refractivity (Wildman–Crippen MR) is 114 cm³/mol. The zero-order valence-corrected chi connectivity index (χ0v) is 17.3. The summed E-state index contributed by atoms with van der Waals surface area (Å²) in [4.78, 5) is 21.7. The number of rotatable bonds is 9. The van der Waals surface area contributed by atoms with Crippen LogP contribution in [0.1, 0.15) is 36.2 Å². The van der Waals surface area contributed by atoms with Crippen molar-refractivity contribution in [1.29, 1.82) is 0 Å². The van der Waals surface area contributed by atoms with Gasteiger partial charge in [-0.1, -0.05) is 43.8 Å². The van der Waals surface area contributed by atoms with Crippen molar-refractivity contribution in [1.82, 2.24) is 25.1 Å². The number of nitrogens with one attached hydrogen (secondary N) is 2. The van der Waals surface area contributed by atoms with E-state index >= 15 is 0 Å². The van der Waals surface area contributed by atoms with Crippen LogP contribution in [0.25, 0.3) is 11.0 Å². The van der Waals surface area contributed by atoms with E-state index in [0.717, 1.165) is 46.3 Å². The van der Waals surface area contributed by atoms with Crippen molar-refractivity contribution < 1.29 is 4.79 Å². The van der Waals surface area contributed by atoms with Gasteiger partial charge in [0.05, 0.1) is 18.1 Å². The maximum Gasteiger partial charge on any atom is 0.251 e. The highest BCUT2D eigenvalue weighted by atomic mass is 32.2.